The second-order valence-electron chi connectivity index (χ2n) is 5.89. The summed E-state index contributed by atoms with van der Waals surface area (Å²) in [4.78, 5) is 33.2. The molecule has 27 heavy (non-hydrogen) atoms. The molecule has 1 aliphatic carbocycles. The van der Waals surface area contributed by atoms with Crippen LogP contribution >= 0.6 is 23.2 Å². The molecule has 11 heteroatoms. The van der Waals surface area contributed by atoms with E-state index in [2.05, 4.69) is 20.1 Å². The SMILES string of the molecule is O=c1cnn(-c2cc(Cl)c(Oc3ncc(O)c(C4CC4)n3)c(Cl)c2)c(=O)[nH]1. The normalized spacial score (nSPS) is 13.6. The first-order valence-corrected chi connectivity index (χ1v) is 8.60. The first kappa shape index (κ1) is 17.5. The topological polar surface area (TPSA) is 123 Å². The van der Waals surface area contributed by atoms with Crippen molar-refractivity contribution in [1.29, 1.82) is 0 Å². The molecule has 2 N–H and O–H groups in total. The van der Waals surface area contributed by atoms with E-state index in [1.807, 2.05) is 0 Å². The Morgan fingerprint density at radius 2 is 1.89 bits per heavy atom. The van der Waals surface area contributed by atoms with Gasteiger partial charge < -0.3 is 9.84 Å². The lowest BCUT2D eigenvalue weighted by Crippen LogP contribution is -2.30. The fourth-order valence-corrected chi connectivity index (χ4v) is 3.03. The zero-order valence-corrected chi connectivity index (χ0v) is 15.0. The van der Waals surface area contributed by atoms with Crippen molar-refractivity contribution in [2.24, 2.45) is 0 Å². The molecule has 0 unspecified atom stereocenters. The third-order valence-corrected chi connectivity index (χ3v) is 4.44. The fourth-order valence-electron chi connectivity index (χ4n) is 2.47. The lowest BCUT2D eigenvalue weighted by Gasteiger charge is -2.11. The van der Waals surface area contributed by atoms with Crippen LogP contribution in [0.1, 0.15) is 24.5 Å². The van der Waals surface area contributed by atoms with Crippen molar-refractivity contribution in [3.8, 4) is 23.2 Å². The Morgan fingerprint density at radius 1 is 1.19 bits per heavy atom. The number of aromatic hydroxyl groups is 1. The van der Waals surface area contributed by atoms with Gasteiger partial charge in [0.05, 0.1) is 27.6 Å². The van der Waals surface area contributed by atoms with Gasteiger partial charge >= 0.3 is 11.7 Å². The van der Waals surface area contributed by atoms with Gasteiger partial charge in [-0.3, -0.25) is 9.78 Å². The maximum Gasteiger partial charge on any atom is 0.349 e. The van der Waals surface area contributed by atoms with Gasteiger partial charge in [-0.05, 0) is 25.0 Å². The highest BCUT2D eigenvalue weighted by Gasteiger charge is 2.29. The minimum Gasteiger partial charge on any atom is -0.504 e. The minimum atomic E-state index is -0.737. The molecule has 1 saturated carbocycles. The first-order chi connectivity index (χ1) is 12.9. The predicted molar refractivity (Wildman–Crippen MR) is 96.2 cm³/mol. The van der Waals surface area contributed by atoms with E-state index in [9.17, 15) is 14.7 Å². The molecule has 2 aromatic heterocycles. The predicted octanol–water partition coefficient (Wildman–Crippen LogP) is 2.39. The van der Waals surface area contributed by atoms with Gasteiger partial charge in [-0.1, -0.05) is 23.2 Å². The molecule has 9 nitrogen and oxygen atoms in total. The third-order valence-electron chi connectivity index (χ3n) is 3.87. The van der Waals surface area contributed by atoms with Gasteiger partial charge in [0, 0.05) is 5.92 Å². The highest BCUT2D eigenvalue weighted by Crippen LogP contribution is 2.44. The summed E-state index contributed by atoms with van der Waals surface area (Å²) < 4.78 is 6.53. The molecule has 0 amide bonds. The summed E-state index contributed by atoms with van der Waals surface area (Å²) in [6.45, 7) is 0. The second-order valence-corrected chi connectivity index (χ2v) is 6.70. The molecular weight excluding hydrogens is 397 g/mol. The summed E-state index contributed by atoms with van der Waals surface area (Å²) in [6.07, 6.45) is 4.11. The second kappa shape index (κ2) is 6.67. The number of hydrogen-bond acceptors (Lipinski definition) is 7. The van der Waals surface area contributed by atoms with E-state index in [4.69, 9.17) is 27.9 Å². The number of H-pyrrole nitrogens is 1. The van der Waals surface area contributed by atoms with Crippen LogP contribution in [-0.2, 0) is 0 Å². The van der Waals surface area contributed by atoms with Crippen LogP contribution in [0.3, 0.4) is 0 Å². The molecule has 1 fully saturated rings. The average Bonchev–Trinajstić information content (AvgIpc) is 3.44. The highest BCUT2D eigenvalue weighted by molar-refractivity contribution is 6.37. The summed E-state index contributed by atoms with van der Waals surface area (Å²) in [5, 5.41) is 13.7. The molecular formula is C16H11Cl2N5O4. The molecule has 0 atom stereocenters. The molecule has 0 bridgehead atoms. The third kappa shape index (κ3) is 3.51. The lowest BCUT2D eigenvalue weighted by molar-refractivity contribution is 0.420. The summed E-state index contributed by atoms with van der Waals surface area (Å²) in [7, 11) is 0. The first-order valence-electron chi connectivity index (χ1n) is 7.84. The summed E-state index contributed by atoms with van der Waals surface area (Å²) >= 11 is 12.5. The van der Waals surface area contributed by atoms with Crippen molar-refractivity contribution in [3.63, 3.8) is 0 Å². The van der Waals surface area contributed by atoms with Gasteiger partial charge in [-0.25, -0.2) is 4.79 Å². The van der Waals surface area contributed by atoms with E-state index in [0.717, 1.165) is 23.7 Å². The van der Waals surface area contributed by atoms with E-state index in [1.54, 1.807) is 0 Å². The van der Waals surface area contributed by atoms with E-state index < -0.39 is 11.2 Å². The fraction of sp³-hybridized carbons (Fsp3) is 0.188. The minimum absolute atomic E-state index is 0.00872. The number of halogens is 2. The summed E-state index contributed by atoms with van der Waals surface area (Å²) in [6, 6.07) is 2.79. The van der Waals surface area contributed by atoms with Gasteiger partial charge in [0.2, 0.25) is 0 Å². The molecule has 4 rings (SSSR count). The Labute approximate surface area is 161 Å². The molecule has 0 aliphatic heterocycles. The molecule has 1 aliphatic rings. The van der Waals surface area contributed by atoms with Crippen LogP contribution in [0.5, 0.6) is 17.5 Å². The monoisotopic (exact) mass is 407 g/mol. The van der Waals surface area contributed by atoms with Gasteiger partial charge in [0.25, 0.3) is 5.56 Å². The lowest BCUT2D eigenvalue weighted by atomic mass is 10.2. The summed E-state index contributed by atoms with van der Waals surface area (Å²) in [5.41, 5.74) is -0.597. The highest BCUT2D eigenvalue weighted by atomic mass is 35.5. The van der Waals surface area contributed by atoms with Crippen LogP contribution < -0.4 is 16.0 Å². The van der Waals surface area contributed by atoms with Crippen molar-refractivity contribution < 1.29 is 9.84 Å². The maximum atomic E-state index is 11.9. The number of nitrogens with zero attached hydrogens (tertiary/aromatic N) is 4. The largest absolute Gasteiger partial charge is 0.504 e. The van der Waals surface area contributed by atoms with E-state index in [-0.39, 0.29) is 39.2 Å². The van der Waals surface area contributed by atoms with E-state index >= 15 is 0 Å². The molecule has 3 aromatic rings. The van der Waals surface area contributed by atoms with Gasteiger partial charge in [-0.2, -0.15) is 19.7 Å². The summed E-state index contributed by atoms with van der Waals surface area (Å²) in [5.74, 6) is 0.301. The van der Waals surface area contributed by atoms with Crippen LogP contribution in [-0.4, -0.2) is 29.8 Å². The number of ether oxygens (including phenoxy) is 1. The number of benzene rings is 1. The molecule has 0 radical (unpaired) electrons. The standard InChI is InChI=1S/C16H11Cl2N5O4/c17-9-3-8(23-16(26)21-12(25)6-20-23)4-10(18)14(9)27-15-19-5-11(24)13(22-15)7-1-2-7/h3-7,24H,1-2H2,(H,21,25,26). The Hall–Kier alpha value is -2.91. The van der Waals surface area contributed by atoms with Crippen molar-refractivity contribution in [2.75, 3.05) is 0 Å². The van der Waals surface area contributed by atoms with Crippen molar-refractivity contribution in [2.45, 2.75) is 18.8 Å². The zero-order chi connectivity index (χ0) is 19.1. The van der Waals surface area contributed by atoms with E-state index in [1.165, 1.54) is 18.3 Å². The number of hydrogen-bond donors (Lipinski definition) is 2. The number of aromatic amines is 1. The Bertz CT molecular complexity index is 1130. The van der Waals surface area contributed by atoms with Crippen LogP contribution in [0.2, 0.25) is 10.0 Å². The quantitative estimate of drug-likeness (QED) is 0.680. The Kier molecular flexibility index (Phi) is 4.33. The van der Waals surface area contributed by atoms with Gasteiger partial charge in [0.1, 0.15) is 6.20 Å². The average molecular weight is 408 g/mol. The van der Waals surface area contributed by atoms with Crippen LogP contribution in [0.15, 0.2) is 34.1 Å². The van der Waals surface area contributed by atoms with Crippen LogP contribution in [0, 0.1) is 0 Å². The van der Waals surface area contributed by atoms with E-state index in [0.29, 0.717) is 5.69 Å². The van der Waals surface area contributed by atoms with Gasteiger partial charge in [-0.15, -0.1) is 0 Å². The van der Waals surface area contributed by atoms with Crippen LogP contribution in [0.25, 0.3) is 5.69 Å². The maximum absolute atomic E-state index is 11.9. The molecule has 0 saturated heterocycles. The smallest absolute Gasteiger partial charge is 0.349 e. The zero-order valence-electron chi connectivity index (χ0n) is 13.5. The Morgan fingerprint density at radius 3 is 2.52 bits per heavy atom. The van der Waals surface area contributed by atoms with Crippen LogP contribution in [0.4, 0.5) is 0 Å². The van der Waals surface area contributed by atoms with Crippen molar-refractivity contribution >= 4 is 23.2 Å². The number of aromatic nitrogens is 5. The van der Waals surface area contributed by atoms with Crippen molar-refractivity contribution in [3.05, 3.63) is 61.1 Å². The number of nitrogens with one attached hydrogen (secondary N) is 1. The van der Waals surface area contributed by atoms with Gasteiger partial charge in [0.15, 0.2) is 11.5 Å². The molecule has 2 heterocycles. The molecule has 1 aromatic carbocycles. The molecule has 138 valence electrons. The molecule has 0 spiro atoms. The van der Waals surface area contributed by atoms with Crippen molar-refractivity contribution in [1.82, 2.24) is 24.7 Å². The number of rotatable bonds is 4. The Balaban J connectivity index is 1.69.